The van der Waals surface area contributed by atoms with Crippen LogP contribution in [0.2, 0.25) is 0 Å². The average molecular weight is 474 g/mol. The van der Waals surface area contributed by atoms with Crippen LogP contribution in [0.5, 0.6) is 5.75 Å². The van der Waals surface area contributed by atoms with Crippen LogP contribution in [0.4, 0.5) is 23.5 Å². The number of carbonyl (C=O) groups excluding carboxylic acids is 1. The fraction of sp³-hybridized carbons (Fsp3) is 0.182. The molecule has 4 aromatic rings. The zero-order valence-corrected chi connectivity index (χ0v) is 17.9. The van der Waals surface area contributed by atoms with E-state index in [0.717, 1.165) is 18.2 Å². The van der Waals surface area contributed by atoms with Crippen molar-refractivity contribution in [2.75, 3.05) is 5.73 Å². The average Bonchev–Trinajstić information content (AvgIpc) is 3.13. The molecule has 0 fully saturated rings. The largest absolute Gasteiger partial charge is 0.573 e. The minimum atomic E-state index is -4.92. The highest BCUT2D eigenvalue weighted by Gasteiger charge is 2.31. The Hall–Kier alpha value is -4.22. The molecular formula is C22H18F4N6O2. The number of pyridine rings is 2. The van der Waals surface area contributed by atoms with Crippen LogP contribution in [0, 0.1) is 12.7 Å². The molecule has 1 atom stereocenters. The third-order valence-electron chi connectivity index (χ3n) is 5.01. The number of alkyl halides is 3. The summed E-state index contributed by atoms with van der Waals surface area (Å²) in [4.78, 5) is 21.4. The van der Waals surface area contributed by atoms with Gasteiger partial charge in [0, 0.05) is 29.1 Å². The number of ether oxygens (including phenoxy) is 1. The summed E-state index contributed by atoms with van der Waals surface area (Å²) in [6, 6.07) is 6.65. The zero-order valence-electron chi connectivity index (χ0n) is 17.9. The van der Waals surface area contributed by atoms with Crippen LogP contribution in [0.25, 0.3) is 16.9 Å². The van der Waals surface area contributed by atoms with Gasteiger partial charge in [-0.05, 0) is 55.8 Å². The van der Waals surface area contributed by atoms with Crippen LogP contribution >= 0.6 is 0 Å². The van der Waals surface area contributed by atoms with Gasteiger partial charge in [-0.25, -0.2) is 8.91 Å². The Bertz CT molecular complexity index is 1390. The van der Waals surface area contributed by atoms with Crippen molar-refractivity contribution < 1.29 is 27.1 Å². The third-order valence-corrected chi connectivity index (χ3v) is 5.01. The van der Waals surface area contributed by atoms with Gasteiger partial charge in [0.2, 0.25) is 5.95 Å². The Balaban J connectivity index is 1.59. The van der Waals surface area contributed by atoms with Gasteiger partial charge in [0.1, 0.15) is 11.6 Å². The van der Waals surface area contributed by atoms with Crippen LogP contribution in [0.15, 0.2) is 48.8 Å². The van der Waals surface area contributed by atoms with Crippen molar-refractivity contribution in [1.29, 1.82) is 0 Å². The minimum absolute atomic E-state index is 0.111. The van der Waals surface area contributed by atoms with Crippen LogP contribution in [-0.2, 0) is 0 Å². The van der Waals surface area contributed by atoms with E-state index in [1.807, 2.05) is 0 Å². The lowest BCUT2D eigenvalue weighted by Gasteiger charge is -2.18. The van der Waals surface area contributed by atoms with Gasteiger partial charge in [0.25, 0.3) is 5.91 Å². The lowest BCUT2D eigenvalue weighted by Crippen LogP contribution is -2.28. The molecule has 0 saturated heterocycles. The summed E-state index contributed by atoms with van der Waals surface area (Å²) in [5.74, 6) is -1.81. The molecule has 3 N–H and O–H groups in total. The summed E-state index contributed by atoms with van der Waals surface area (Å²) in [5.41, 5.74) is 7.89. The van der Waals surface area contributed by atoms with Crippen LogP contribution < -0.4 is 15.8 Å². The van der Waals surface area contributed by atoms with E-state index < -0.39 is 29.9 Å². The van der Waals surface area contributed by atoms with Gasteiger partial charge in [0.15, 0.2) is 5.65 Å². The van der Waals surface area contributed by atoms with E-state index in [1.54, 1.807) is 31.3 Å². The van der Waals surface area contributed by atoms with Crippen molar-refractivity contribution in [3.63, 3.8) is 0 Å². The molecule has 34 heavy (non-hydrogen) atoms. The van der Waals surface area contributed by atoms with E-state index in [0.29, 0.717) is 22.5 Å². The molecule has 1 amide bonds. The number of anilines is 1. The monoisotopic (exact) mass is 474 g/mol. The minimum Gasteiger partial charge on any atom is -0.406 e. The summed E-state index contributed by atoms with van der Waals surface area (Å²) < 4.78 is 57.1. The van der Waals surface area contributed by atoms with Gasteiger partial charge >= 0.3 is 6.36 Å². The standard InChI is InChI=1S/C22H18F4N6O2/c1-11-10-28-18(13-5-6-32-19(7-13)30-21(27)31-32)9-15(11)20(33)29-12(2)16-8-14(3-4-17(16)23)34-22(24,25)26/h3-10,12H,1-2H3,(H2,27,31)(H,29,33)/t12-/m1/s1. The second-order valence-electron chi connectivity index (χ2n) is 7.50. The molecule has 3 heterocycles. The van der Waals surface area contributed by atoms with E-state index in [9.17, 15) is 22.4 Å². The van der Waals surface area contributed by atoms with Crippen molar-refractivity contribution in [3.8, 4) is 17.0 Å². The van der Waals surface area contributed by atoms with Crippen molar-refractivity contribution in [2.45, 2.75) is 26.3 Å². The topological polar surface area (TPSA) is 107 Å². The quantitative estimate of drug-likeness (QED) is 0.420. The molecule has 12 heteroatoms. The van der Waals surface area contributed by atoms with Gasteiger partial charge in [-0.3, -0.25) is 9.78 Å². The molecule has 0 bridgehead atoms. The van der Waals surface area contributed by atoms with Crippen molar-refractivity contribution in [1.82, 2.24) is 24.9 Å². The normalized spacial score (nSPS) is 12.5. The Morgan fingerprint density at radius 3 is 2.71 bits per heavy atom. The maximum atomic E-state index is 14.3. The number of rotatable bonds is 5. The number of nitrogens with zero attached hydrogens (tertiary/aromatic N) is 4. The molecule has 0 aliphatic carbocycles. The number of hydrogen-bond acceptors (Lipinski definition) is 6. The highest BCUT2D eigenvalue weighted by molar-refractivity contribution is 5.96. The van der Waals surface area contributed by atoms with Crippen molar-refractivity contribution in [3.05, 3.63) is 71.3 Å². The molecule has 0 aliphatic rings. The van der Waals surface area contributed by atoms with Gasteiger partial charge in [-0.1, -0.05) is 0 Å². The lowest BCUT2D eigenvalue weighted by atomic mass is 10.0. The number of halogens is 4. The number of nitrogens with two attached hydrogens (primary N) is 1. The van der Waals surface area contributed by atoms with E-state index in [1.165, 1.54) is 17.6 Å². The van der Waals surface area contributed by atoms with Crippen LogP contribution in [0.3, 0.4) is 0 Å². The predicted octanol–water partition coefficient (Wildman–Crippen LogP) is 4.21. The summed E-state index contributed by atoms with van der Waals surface area (Å²) >= 11 is 0. The molecule has 4 rings (SSSR count). The highest BCUT2D eigenvalue weighted by atomic mass is 19.4. The molecule has 0 spiro atoms. The second kappa shape index (κ2) is 8.61. The van der Waals surface area contributed by atoms with E-state index in [4.69, 9.17) is 5.73 Å². The lowest BCUT2D eigenvalue weighted by molar-refractivity contribution is -0.274. The smallest absolute Gasteiger partial charge is 0.406 e. The number of carbonyl (C=O) groups is 1. The number of benzene rings is 1. The molecule has 0 aliphatic heterocycles. The first-order chi connectivity index (χ1) is 16.0. The SMILES string of the molecule is Cc1cnc(-c2ccn3nc(N)nc3c2)cc1C(=O)N[C@H](C)c1cc(OC(F)(F)F)ccc1F. The molecule has 176 valence electrons. The molecule has 8 nitrogen and oxygen atoms in total. The molecular weight excluding hydrogens is 456 g/mol. The molecule has 0 saturated carbocycles. The summed E-state index contributed by atoms with van der Waals surface area (Å²) in [6.07, 6.45) is -1.76. The number of hydrogen-bond donors (Lipinski definition) is 2. The van der Waals surface area contributed by atoms with Crippen molar-refractivity contribution >= 4 is 17.5 Å². The first-order valence-electron chi connectivity index (χ1n) is 9.95. The van der Waals surface area contributed by atoms with E-state index >= 15 is 0 Å². The zero-order chi connectivity index (χ0) is 24.6. The first kappa shape index (κ1) is 23.0. The van der Waals surface area contributed by atoms with Crippen LogP contribution in [-0.4, -0.2) is 31.9 Å². The van der Waals surface area contributed by atoms with Gasteiger partial charge in [-0.15, -0.1) is 18.3 Å². The number of nitrogen functional groups attached to an aromatic ring is 1. The van der Waals surface area contributed by atoms with Gasteiger partial charge in [0.05, 0.1) is 11.7 Å². The summed E-state index contributed by atoms with van der Waals surface area (Å²) in [5, 5.41) is 6.61. The predicted molar refractivity (Wildman–Crippen MR) is 114 cm³/mol. The van der Waals surface area contributed by atoms with Gasteiger partial charge < -0.3 is 15.8 Å². The Morgan fingerprint density at radius 2 is 1.97 bits per heavy atom. The fourth-order valence-electron chi connectivity index (χ4n) is 3.39. The maximum absolute atomic E-state index is 14.3. The van der Waals surface area contributed by atoms with E-state index in [-0.39, 0.29) is 17.1 Å². The van der Waals surface area contributed by atoms with Crippen LogP contribution in [0.1, 0.15) is 34.5 Å². The van der Waals surface area contributed by atoms with Crippen molar-refractivity contribution in [2.24, 2.45) is 0 Å². The third kappa shape index (κ3) is 4.90. The second-order valence-corrected chi connectivity index (χ2v) is 7.50. The molecule has 0 unspecified atom stereocenters. The fourth-order valence-corrected chi connectivity index (χ4v) is 3.39. The Kier molecular flexibility index (Phi) is 5.82. The molecule has 0 radical (unpaired) electrons. The maximum Gasteiger partial charge on any atom is 0.573 e. The number of amides is 1. The van der Waals surface area contributed by atoms with E-state index in [2.05, 4.69) is 25.1 Å². The number of aryl methyl sites for hydroxylation is 1. The highest BCUT2D eigenvalue weighted by Crippen LogP contribution is 2.28. The number of aromatic nitrogens is 4. The molecule has 1 aromatic carbocycles. The summed E-state index contributed by atoms with van der Waals surface area (Å²) in [6.45, 7) is 3.13. The number of nitrogens with one attached hydrogen (secondary N) is 1. The Labute approximate surface area is 190 Å². The molecule has 3 aromatic heterocycles. The summed E-state index contributed by atoms with van der Waals surface area (Å²) in [7, 11) is 0. The van der Waals surface area contributed by atoms with Gasteiger partial charge in [-0.2, -0.15) is 4.98 Å². The first-order valence-corrected chi connectivity index (χ1v) is 9.95. The number of fused-ring (bicyclic) bond motifs is 1. The Morgan fingerprint density at radius 1 is 1.21 bits per heavy atom.